The van der Waals surface area contributed by atoms with Crippen molar-refractivity contribution in [1.29, 1.82) is 0 Å². The van der Waals surface area contributed by atoms with Crippen LogP contribution in [-0.2, 0) is 9.59 Å². The van der Waals surface area contributed by atoms with E-state index >= 15 is 0 Å². The number of carbonyl (C=O) groups excluding carboxylic acids is 2. The molecule has 0 aromatic heterocycles. The highest BCUT2D eigenvalue weighted by Gasteiger charge is 2.30. The van der Waals surface area contributed by atoms with Crippen molar-refractivity contribution in [2.24, 2.45) is 5.92 Å². The highest BCUT2D eigenvalue weighted by molar-refractivity contribution is 5.84. The smallest absolute Gasteiger partial charge is 0.320 e. The topological polar surface area (TPSA) is 81.2 Å². The van der Waals surface area contributed by atoms with Gasteiger partial charge in [0.1, 0.15) is 6.54 Å². The van der Waals surface area contributed by atoms with Crippen molar-refractivity contribution in [3.63, 3.8) is 0 Å². The van der Waals surface area contributed by atoms with Crippen molar-refractivity contribution in [3.8, 4) is 0 Å². The molecule has 1 unspecified atom stereocenters. The normalized spacial score (nSPS) is 17.9. The lowest BCUT2D eigenvalue weighted by Gasteiger charge is -2.27. The van der Waals surface area contributed by atoms with E-state index in [-0.39, 0.29) is 30.8 Å². The molecule has 0 bridgehead atoms. The van der Waals surface area contributed by atoms with Crippen LogP contribution < -0.4 is 0 Å². The molecule has 7 nitrogen and oxygen atoms in total. The average Bonchev–Trinajstić information content (AvgIpc) is 2.82. The van der Waals surface area contributed by atoms with Crippen LogP contribution >= 0.6 is 0 Å². The van der Waals surface area contributed by atoms with Crippen LogP contribution in [0.3, 0.4) is 0 Å². The fourth-order valence-corrected chi connectivity index (χ4v) is 2.24. The fraction of sp³-hybridized carbons (Fsp3) is 0.769. The van der Waals surface area contributed by atoms with Crippen LogP contribution in [0, 0.1) is 5.92 Å². The first kappa shape index (κ1) is 16.3. The second kappa shape index (κ2) is 7.12. The van der Waals surface area contributed by atoms with Gasteiger partial charge < -0.3 is 19.8 Å². The number of hydrogen-bond acceptors (Lipinski definition) is 3. The summed E-state index contributed by atoms with van der Waals surface area (Å²) in [6.07, 6.45) is 0.795. The molecule has 0 saturated carbocycles. The van der Waals surface area contributed by atoms with Gasteiger partial charge in [-0.2, -0.15) is 0 Å². The number of amides is 3. The predicted octanol–water partition coefficient (Wildman–Crippen LogP) is 0.313. The van der Waals surface area contributed by atoms with Gasteiger partial charge in [0.2, 0.25) is 5.91 Å². The molecule has 1 fully saturated rings. The molecular formula is C13H23N3O4. The second-order valence-electron chi connectivity index (χ2n) is 5.28. The molecule has 3 amide bonds. The van der Waals surface area contributed by atoms with Crippen LogP contribution in [0.4, 0.5) is 4.79 Å². The molecule has 1 atom stereocenters. The first-order valence-electron chi connectivity index (χ1n) is 6.81. The number of rotatable bonds is 5. The van der Waals surface area contributed by atoms with Gasteiger partial charge in [0.15, 0.2) is 0 Å². The lowest BCUT2D eigenvalue weighted by atomic mass is 10.1. The zero-order chi connectivity index (χ0) is 15.3. The molecule has 1 saturated heterocycles. The van der Waals surface area contributed by atoms with Crippen LogP contribution in [0.5, 0.6) is 0 Å². The third-order valence-electron chi connectivity index (χ3n) is 3.50. The van der Waals surface area contributed by atoms with Gasteiger partial charge in [-0.25, -0.2) is 4.79 Å². The Morgan fingerprint density at radius 3 is 2.45 bits per heavy atom. The van der Waals surface area contributed by atoms with Gasteiger partial charge in [-0.3, -0.25) is 9.59 Å². The van der Waals surface area contributed by atoms with E-state index in [0.717, 1.165) is 0 Å². The van der Waals surface area contributed by atoms with Gasteiger partial charge in [-0.15, -0.1) is 0 Å². The van der Waals surface area contributed by atoms with E-state index in [0.29, 0.717) is 26.1 Å². The van der Waals surface area contributed by atoms with Crippen LogP contribution in [0.1, 0.15) is 19.8 Å². The van der Waals surface area contributed by atoms with Crippen molar-refractivity contribution < 1.29 is 19.5 Å². The summed E-state index contributed by atoms with van der Waals surface area (Å²) >= 11 is 0. The average molecular weight is 285 g/mol. The number of carboxylic acids is 1. The highest BCUT2D eigenvalue weighted by atomic mass is 16.4. The minimum Gasteiger partial charge on any atom is -0.481 e. The summed E-state index contributed by atoms with van der Waals surface area (Å²) < 4.78 is 0. The summed E-state index contributed by atoms with van der Waals surface area (Å²) in [5.41, 5.74) is 0. The Balaban J connectivity index is 2.55. The fourth-order valence-electron chi connectivity index (χ4n) is 2.24. The Kier molecular flexibility index (Phi) is 5.79. The minimum absolute atomic E-state index is 0.0136. The van der Waals surface area contributed by atoms with Gasteiger partial charge in [0.05, 0.1) is 0 Å². The summed E-state index contributed by atoms with van der Waals surface area (Å²) in [7, 11) is 3.30. The molecule has 0 radical (unpaired) electrons. The van der Waals surface area contributed by atoms with Crippen LogP contribution in [0.2, 0.25) is 0 Å². The lowest BCUT2D eigenvalue weighted by molar-refractivity contribution is -0.138. The Labute approximate surface area is 119 Å². The number of urea groups is 1. The van der Waals surface area contributed by atoms with E-state index < -0.39 is 5.97 Å². The van der Waals surface area contributed by atoms with E-state index in [9.17, 15) is 14.4 Å². The zero-order valence-corrected chi connectivity index (χ0v) is 12.3. The summed E-state index contributed by atoms with van der Waals surface area (Å²) in [6.45, 7) is 3.35. The van der Waals surface area contributed by atoms with Crippen molar-refractivity contribution in [3.05, 3.63) is 0 Å². The van der Waals surface area contributed by atoms with Crippen LogP contribution in [-0.4, -0.2) is 78.0 Å². The Morgan fingerprint density at radius 1 is 1.30 bits per heavy atom. The number of carboxylic acid groups (broad SMARTS) is 1. The number of aliphatic carboxylic acids is 1. The first-order valence-corrected chi connectivity index (χ1v) is 6.81. The molecule has 0 aromatic carbocycles. The molecule has 114 valence electrons. The summed E-state index contributed by atoms with van der Waals surface area (Å²) in [4.78, 5) is 39.2. The van der Waals surface area contributed by atoms with Gasteiger partial charge in [0, 0.05) is 40.2 Å². The highest BCUT2D eigenvalue weighted by Crippen LogP contribution is 2.20. The number of nitrogens with zero attached hydrogens (tertiary/aromatic N) is 3. The van der Waals surface area contributed by atoms with Gasteiger partial charge in [-0.05, 0) is 19.3 Å². The van der Waals surface area contributed by atoms with Gasteiger partial charge >= 0.3 is 12.0 Å². The molecule has 20 heavy (non-hydrogen) atoms. The third-order valence-corrected chi connectivity index (χ3v) is 3.50. The van der Waals surface area contributed by atoms with E-state index in [4.69, 9.17) is 5.11 Å². The standard InChI is InChI=1S/C13H23N3O4/c1-4-15(9-11(17)14(2)3)13(20)16-6-5-10(8-16)7-12(18)19/h10H,4-9H2,1-3H3,(H,18,19). The second-order valence-corrected chi connectivity index (χ2v) is 5.28. The quantitative estimate of drug-likeness (QED) is 0.788. The Morgan fingerprint density at radius 2 is 1.95 bits per heavy atom. The van der Waals surface area contributed by atoms with Gasteiger partial charge in [0.25, 0.3) is 0 Å². The maximum absolute atomic E-state index is 12.3. The number of hydrogen-bond donors (Lipinski definition) is 1. The molecule has 1 aliphatic heterocycles. The maximum atomic E-state index is 12.3. The molecule has 0 aromatic rings. The van der Waals surface area contributed by atoms with Crippen molar-refractivity contribution >= 4 is 17.9 Å². The first-order chi connectivity index (χ1) is 9.35. The van der Waals surface area contributed by atoms with E-state index in [2.05, 4.69) is 0 Å². The van der Waals surface area contributed by atoms with E-state index in [1.54, 1.807) is 19.0 Å². The molecular weight excluding hydrogens is 262 g/mol. The predicted molar refractivity (Wildman–Crippen MR) is 73.3 cm³/mol. The monoisotopic (exact) mass is 285 g/mol. The third kappa shape index (κ3) is 4.40. The summed E-state index contributed by atoms with van der Waals surface area (Å²) in [5, 5.41) is 8.77. The molecule has 1 heterocycles. The van der Waals surface area contributed by atoms with Crippen molar-refractivity contribution in [2.75, 3.05) is 40.3 Å². The Hall–Kier alpha value is -1.79. The van der Waals surface area contributed by atoms with Gasteiger partial charge in [-0.1, -0.05) is 0 Å². The summed E-state index contributed by atoms with van der Waals surface area (Å²) in [5.74, 6) is -0.944. The number of carbonyl (C=O) groups is 3. The molecule has 1 N–H and O–H groups in total. The molecule has 0 aliphatic carbocycles. The largest absolute Gasteiger partial charge is 0.481 e. The number of likely N-dealkylation sites (N-methyl/N-ethyl adjacent to an activating group) is 2. The molecule has 1 rings (SSSR count). The lowest BCUT2D eigenvalue weighted by Crippen LogP contribution is -2.46. The molecule has 1 aliphatic rings. The SMILES string of the molecule is CCN(CC(=O)N(C)C)C(=O)N1CCC(CC(=O)O)C1. The van der Waals surface area contributed by atoms with E-state index in [1.807, 2.05) is 6.92 Å². The summed E-state index contributed by atoms with van der Waals surface area (Å²) in [6, 6.07) is -0.185. The van der Waals surface area contributed by atoms with Crippen molar-refractivity contribution in [2.45, 2.75) is 19.8 Å². The van der Waals surface area contributed by atoms with Crippen LogP contribution in [0.15, 0.2) is 0 Å². The maximum Gasteiger partial charge on any atom is 0.320 e. The molecule has 7 heteroatoms. The van der Waals surface area contributed by atoms with Crippen molar-refractivity contribution in [1.82, 2.24) is 14.7 Å². The number of likely N-dealkylation sites (tertiary alicyclic amines) is 1. The zero-order valence-electron chi connectivity index (χ0n) is 12.3. The van der Waals surface area contributed by atoms with E-state index in [1.165, 1.54) is 9.80 Å². The molecule has 0 spiro atoms. The van der Waals surface area contributed by atoms with Crippen LogP contribution in [0.25, 0.3) is 0 Å². The minimum atomic E-state index is -0.834. The Bertz CT molecular complexity index is 384.